The summed E-state index contributed by atoms with van der Waals surface area (Å²) in [5.41, 5.74) is 0. The molecule has 17 unspecified atom stereocenters. The second-order valence-electron chi connectivity index (χ2n) is 31.3. The van der Waals surface area contributed by atoms with Gasteiger partial charge in [-0.05, 0) is 96.3 Å². The van der Waals surface area contributed by atoms with Gasteiger partial charge >= 0.3 is 15.6 Å². The van der Waals surface area contributed by atoms with E-state index in [9.17, 15) is 113 Å². The van der Waals surface area contributed by atoms with Gasteiger partial charge in [-0.2, -0.15) is 0 Å². The van der Waals surface area contributed by atoms with Crippen LogP contribution in [-0.4, -0.2) is 327 Å². The second-order valence-corrected chi connectivity index (χ2v) is 34.2. The van der Waals surface area contributed by atoms with Crippen LogP contribution in [0.3, 0.4) is 0 Å². The summed E-state index contributed by atoms with van der Waals surface area (Å²) in [6.45, 7) is 0.689. The summed E-state index contributed by atoms with van der Waals surface area (Å²) in [6, 6.07) is -2.50. The van der Waals surface area contributed by atoms with Gasteiger partial charge in [0.2, 0.25) is 35.4 Å². The van der Waals surface area contributed by atoms with Crippen LogP contribution < -0.4 is 16.0 Å². The molecule has 3 saturated carbocycles. The number of methoxy groups -OCH3 is 1. The van der Waals surface area contributed by atoms with Gasteiger partial charge in [-0.25, -0.2) is 9.13 Å². The van der Waals surface area contributed by atoms with Crippen molar-refractivity contribution in [2.75, 3.05) is 126 Å². The molecule has 0 heterocycles. The number of amides is 6. The molecule has 3 fully saturated rings. The van der Waals surface area contributed by atoms with E-state index >= 15 is 0 Å². The number of ketones is 3. The minimum Gasteiger partial charge on any atom is -0.396 e. The van der Waals surface area contributed by atoms with Gasteiger partial charge in [0.15, 0.2) is 0 Å². The Bertz CT molecular complexity index is 2970. The van der Waals surface area contributed by atoms with Gasteiger partial charge in [-0.15, -0.1) is 0 Å². The van der Waals surface area contributed by atoms with E-state index in [0.29, 0.717) is 187 Å². The summed E-state index contributed by atoms with van der Waals surface area (Å²) in [4.78, 5) is 139. The number of hydrogen-bond acceptors (Lipinski definition) is 29. The van der Waals surface area contributed by atoms with E-state index in [-0.39, 0.29) is 152 Å². The van der Waals surface area contributed by atoms with Gasteiger partial charge in [-0.3, -0.25) is 61.2 Å². The molecule has 0 aliphatic heterocycles. The topological polar surface area (TPSA) is 550 Å². The number of hydrogen-bond donors (Lipinski definition) is 15. The van der Waals surface area contributed by atoms with Crippen molar-refractivity contribution in [3.8, 4) is 0 Å². The Morgan fingerprint density at radius 3 is 0.780 bits per heavy atom. The average Bonchev–Trinajstić information content (AvgIpc) is 0.818. The van der Waals surface area contributed by atoms with Crippen LogP contribution in [0.1, 0.15) is 233 Å². The van der Waals surface area contributed by atoms with Crippen LogP contribution in [0.5, 0.6) is 0 Å². The molecule has 0 bridgehead atoms. The average molecular weight is 1740 g/mol. The van der Waals surface area contributed by atoms with E-state index in [4.69, 9.17) is 37.0 Å². The van der Waals surface area contributed by atoms with E-state index in [1.54, 1.807) is 0 Å². The Morgan fingerprint density at radius 2 is 0.551 bits per heavy atom. The maximum Gasteiger partial charge on any atom is 0.472 e. The van der Waals surface area contributed by atoms with Crippen molar-refractivity contribution in [1.29, 1.82) is 0 Å². The van der Waals surface area contributed by atoms with Crippen LogP contribution in [0.15, 0.2) is 0 Å². The van der Waals surface area contributed by atoms with Crippen LogP contribution in [-0.2, 0) is 89.3 Å². The van der Waals surface area contributed by atoms with Crippen molar-refractivity contribution in [2.24, 2.45) is 17.8 Å². The Kier molecular flexibility index (Phi) is 56.3. The zero-order valence-electron chi connectivity index (χ0n) is 70.1. The molecular weight excluding hydrogens is 1590 g/mol. The van der Waals surface area contributed by atoms with Gasteiger partial charge in [-0.1, -0.05) is 57.8 Å². The van der Waals surface area contributed by atoms with Crippen molar-refractivity contribution in [3.05, 3.63) is 0 Å². The highest BCUT2D eigenvalue weighted by Crippen LogP contribution is 2.44. The number of phosphoric ester groups is 2. The van der Waals surface area contributed by atoms with E-state index < -0.39 is 151 Å². The highest BCUT2D eigenvalue weighted by Gasteiger charge is 2.47. The fourth-order valence-electron chi connectivity index (χ4n) is 14.9. The molecule has 3 rings (SSSR count). The Hall–Kier alpha value is -4.51. The molecule has 0 spiro atoms. The van der Waals surface area contributed by atoms with E-state index in [0.717, 1.165) is 0 Å². The maximum atomic E-state index is 13.8. The van der Waals surface area contributed by atoms with Gasteiger partial charge in [0.1, 0.15) is 35.7 Å². The number of unbranched alkanes of at least 4 members (excludes halogenated alkanes) is 15. The molecule has 37 nitrogen and oxygen atoms in total. The quantitative estimate of drug-likeness (QED) is 0.0307. The predicted octanol–water partition coefficient (Wildman–Crippen LogP) is 2.66. The molecule has 0 saturated heterocycles. The molecular formula is C79H144N6O31P2. The first-order chi connectivity index (χ1) is 56.3. The lowest BCUT2D eigenvalue weighted by molar-refractivity contribution is -0.142. The fourth-order valence-corrected chi connectivity index (χ4v) is 16.3. The van der Waals surface area contributed by atoms with E-state index in [1.165, 1.54) is 42.6 Å². The van der Waals surface area contributed by atoms with Gasteiger partial charge in [0.05, 0.1) is 94.4 Å². The number of carbonyl (C=O) groups excluding carboxylic acids is 9. The first-order valence-corrected chi connectivity index (χ1v) is 45.6. The molecule has 0 aromatic carbocycles. The summed E-state index contributed by atoms with van der Waals surface area (Å²) in [6.07, 6.45) is 6.62. The Balaban J connectivity index is 1.44. The third-order valence-electron chi connectivity index (χ3n) is 21.8. The van der Waals surface area contributed by atoms with Crippen molar-refractivity contribution < 1.29 is 150 Å². The fraction of sp³-hybridized carbons (Fsp3) is 0.886. The molecule has 0 radical (unpaired) electrons. The summed E-state index contributed by atoms with van der Waals surface area (Å²) in [7, 11) is -8.17. The smallest absolute Gasteiger partial charge is 0.396 e. The molecule has 0 aromatic rings. The molecule has 118 heavy (non-hydrogen) atoms. The molecule has 17 atom stereocenters. The summed E-state index contributed by atoms with van der Waals surface area (Å²) < 4.78 is 70.4. The number of rotatable bonds is 69. The normalized spacial score (nSPS) is 24.3. The highest BCUT2D eigenvalue weighted by molar-refractivity contribution is 7.47. The lowest BCUT2D eigenvalue weighted by Gasteiger charge is -2.42. The zero-order valence-corrected chi connectivity index (χ0v) is 71.9. The third kappa shape index (κ3) is 44.7. The molecule has 3 aliphatic carbocycles. The number of Topliss-reactive ketones (excluding diaryl/α,β-unsaturated/α-hetero) is 3. The molecule has 39 heteroatoms. The highest BCUT2D eigenvalue weighted by atomic mass is 31.2. The van der Waals surface area contributed by atoms with Crippen LogP contribution in [0.4, 0.5) is 0 Å². The minimum absolute atomic E-state index is 0.0208. The molecule has 15 N–H and O–H groups in total. The monoisotopic (exact) mass is 1730 g/mol. The van der Waals surface area contributed by atoms with Crippen LogP contribution >= 0.6 is 15.6 Å². The number of nitrogens with zero attached hydrogens (tertiary/aromatic N) is 3. The number of carbonyl (C=O) groups is 9. The number of aliphatic hydroxyl groups is 10. The second kappa shape index (κ2) is 61.7. The van der Waals surface area contributed by atoms with Crippen LogP contribution in [0.25, 0.3) is 0 Å². The maximum absolute atomic E-state index is 13.8. The van der Waals surface area contributed by atoms with Crippen molar-refractivity contribution in [3.63, 3.8) is 0 Å². The summed E-state index contributed by atoms with van der Waals surface area (Å²) in [5, 5.41) is 109. The van der Waals surface area contributed by atoms with E-state index in [2.05, 4.69) is 16.0 Å². The van der Waals surface area contributed by atoms with Gasteiger partial charge in [0.25, 0.3) is 0 Å². The molecule has 3 aliphatic rings. The van der Waals surface area contributed by atoms with Crippen LogP contribution in [0, 0.1) is 17.8 Å². The first-order valence-electron chi connectivity index (χ1n) is 42.6. The molecule has 686 valence electrons. The number of aliphatic hydroxyl groups excluding tert-OH is 10. The van der Waals surface area contributed by atoms with Gasteiger partial charge < -0.3 is 110 Å². The zero-order chi connectivity index (χ0) is 87.4. The first kappa shape index (κ1) is 108. The lowest BCUT2D eigenvalue weighted by atomic mass is 9.79. The Labute approximate surface area is 695 Å². The molecule has 6 amide bonds. The Morgan fingerprint density at radius 1 is 0.322 bits per heavy atom. The third-order valence-corrected chi connectivity index (χ3v) is 23.8. The number of nitrogens with one attached hydrogen (secondary N) is 3. The minimum atomic E-state index is -4.82. The number of phosphoric acid groups is 2. The lowest BCUT2D eigenvalue weighted by Crippen LogP contribution is -2.61. The van der Waals surface area contributed by atoms with Crippen molar-refractivity contribution >= 4 is 68.4 Å². The van der Waals surface area contributed by atoms with Crippen molar-refractivity contribution in [1.82, 2.24) is 30.7 Å². The van der Waals surface area contributed by atoms with Crippen molar-refractivity contribution in [2.45, 2.75) is 306 Å². The van der Waals surface area contributed by atoms with Gasteiger partial charge in [0, 0.05) is 182 Å². The number of ether oxygens (including phenoxy) is 4. The molecule has 0 aromatic heterocycles. The largest absolute Gasteiger partial charge is 0.472 e. The van der Waals surface area contributed by atoms with Crippen LogP contribution in [0.2, 0.25) is 0 Å². The standard InChI is InChI=1S/C79H144N6O31P2/c1-56(90)80-71-65(50-59(53-87)74(99)77(71)102)110-42-23-11-17-29-62(93)26-14-5-8-20-32-68(96)83(35-41-86)37-46-113-117(105,106)115-48-39-85(70(98)34-22-10-7-16-28-64(95)31-19-13-25-44-112-67-52-61(55-89)76(101)79(104)73(67)82-58(3)92)40-49-116-118(107,108)114-47-38-84(36-45-109-4)69(97)33-21-9-6-15-27-63(94)30-18-12-24-43-111-66-51-60(54-88)75(100)78(103)72(66)81-57(2)91/h59-61,65-67,71-79,86-89,99-104H,5-55H2,1-4H3,(H,80,90)(H,81,91)(H,82,92)(H,105,106)(H,107,108). The van der Waals surface area contributed by atoms with E-state index in [1.807, 2.05) is 0 Å². The summed E-state index contributed by atoms with van der Waals surface area (Å²) in [5.74, 6) is -3.77. The summed E-state index contributed by atoms with van der Waals surface area (Å²) >= 11 is 0. The predicted molar refractivity (Wildman–Crippen MR) is 429 cm³/mol. The SMILES string of the molecule is COCCN(CCOP(=O)(O)OCCN(CCOP(=O)(O)OCCN(CCO)C(=O)CCCCCCC(=O)CCCCCOC1CC(CO)C(O)C(O)C1NC(C)=O)C(=O)CCCCCCC(=O)CCCCCOC1CC(CO)C(O)C(O)C1NC(C)=O)C(=O)CCCCCCC(=O)CCCCCOC1CC(CO)C(O)C(O)C1NC(C)=O.